The maximum atomic E-state index is 6.44. The van der Waals surface area contributed by atoms with Crippen molar-refractivity contribution in [2.24, 2.45) is 0 Å². The molecule has 158 valence electrons. The first kappa shape index (κ1) is 25.1. The first-order valence-corrected chi connectivity index (χ1v) is 19.6. The van der Waals surface area contributed by atoms with E-state index in [4.69, 9.17) is 8.85 Å². The molecule has 0 saturated heterocycles. The Morgan fingerprint density at radius 1 is 0.704 bits per heavy atom. The Labute approximate surface area is 173 Å². The van der Waals surface area contributed by atoms with Crippen molar-refractivity contribution in [2.45, 2.75) is 104 Å². The zero-order valence-electron chi connectivity index (χ0n) is 20.3. The molecule has 1 rings (SSSR count). The summed E-state index contributed by atoms with van der Waals surface area (Å²) in [5.41, 5.74) is 8.21. The van der Waals surface area contributed by atoms with E-state index in [1.54, 1.807) is 0 Å². The minimum absolute atomic E-state index is 0.279. The first-order chi connectivity index (χ1) is 11.9. The number of rotatable bonds is 8. The van der Waals surface area contributed by atoms with Gasteiger partial charge in [0, 0.05) is 13.2 Å². The Morgan fingerprint density at radius 2 is 1.00 bits per heavy atom. The molecular formula is C22H46O2Si3. The van der Waals surface area contributed by atoms with Crippen LogP contribution in [-0.2, 0) is 8.85 Å². The van der Waals surface area contributed by atoms with Crippen LogP contribution in [0.25, 0.3) is 0 Å². The smallest absolute Gasteiger partial charge is 0.191 e. The number of hydrogen-bond acceptors (Lipinski definition) is 2. The summed E-state index contributed by atoms with van der Waals surface area (Å²) in [5.74, 6) is 0. The van der Waals surface area contributed by atoms with Gasteiger partial charge in [0.05, 0.1) is 8.07 Å². The molecule has 0 aromatic heterocycles. The van der Waals surface area contributed by atoms with Gasteiger partial charge in [0.25, 0.3) is 0 Å². The van der Waals surface area contributed by atoms with Gasteiger partial charge in [-0.1, -0.05) is 77.2 Å². The van der Waals surface area contributed by atoms with Crippen LogP contribution in [0.2, 0.25) is 49.4 Å². The van der Waals surface area contributed by atoms with E-state index in [1.165, 1.54) is 11.1 Å². The molecule has 27 heavy (non-hydrogen) atoms. The van der Waals surface area contributed by atoms with Crippen molar-refractivity contribution < 1.29 is 8.85 Å². The molecule has 2 nitrogen and oxygen atoms in total. The molecule has 1 heterocycles. The predicted octanol–water partition coefficient (Wildman–Crippen LogP) is 7.46. The summed E-state index contributed by atoms with van der Waals surface area (Å²) in [7, 11) is -4.66. The summed E-state index contributed by atoms with van der Waals surface area (Å²) < 4.78 is 12.9. The van der Waals surface area contributed by atoms with E-state index < -0.39 is 24.7 Å². The van der Waals surface area contributed by atoms with E-state index in [-0.39, 0.29) is 10.1 Å². The van der Waals surface area contributed by atoms with Crippen LogP contribution in [0.4, 0.5) is 0 Å². The lowest BCUT2D eigenvalue weighted by molar-refractivity contribution is 0.286. The minimum Gasteiger partial charge on any atom is -0.416 e. The maximum absolute atomic E-state index is 6.44. The minimum atomic E-state index is -1.66. The summed E-state index contributed by atoms with van der Waals surface area (Å²) in [6, 6.07) is 0. The highest BCUT2D eigenvalue weighted by atomic mass is 28.4. The van der Waals surface area contributed by atoms with Crippen molar-refractivity contribution in [3.63, 3.8) is 0 Å². The van der Waals surface area contributed by atoms with Crippen LogP contribution < -0.4 is 0 Å². The molecule has 0 saturated carbocycles. The molecule has 0 fully saturated rings. The normalized spacial score (nSPS) is 18.5. The third-order valence-electron chi connectivity index (χ3n) is 6.79. The van der Waals surface area contributed by atoms with Crippen LogP contribution in [0.3, 0.4) is 0 Å². The Bertz CT molecular complexity index is 523. The van der Waals surface area contributed by atoms with Gasteiger partial charge in [-0.05, 0) is 49.1 Å². The average Bonchev–Trinajstić information content (AvgIpc) is 2.70. The van der Waals surface area contributed by atoms with E-state index in [2.05, 4.69) is 92.2 Å². The quantitative estimate of drug-likeness (QED) is 0.375. The Balaban J connectivity index is 2.66. The van der Waals surface area contributed by atoms with E-state index in [0.29, 0.717) is 0 Å². The van der Waals surface area contributed by atoms with Crippen LogP contribution in [0.15, 0.2) is 22.5 Å². The van der Waals surface area contributed by atoms with E-state index in [1.807, 2.05) is 0 Å². The molecule has 1 aliphatic rings. The van der Waals surface area contributed by atoms with Crippen LogP contribution in [0, 0.1) is 0 Å². The van der Waals surface area contributed by atoms with Crippen molar-refractivity contribution in [1.29, 1.82) is 0 Å². The predicted molar refractivity (Wildman–Crippen MR) is 129 cm³/mol. The fourth-order valence-electron chi connectivity index (χ4n) is 2.86. The van der Waals surface area contributed by atoms with Gasteiger partial charge in [0.1, 0.15) is 0 Å². The van der Waals surface area contributed by atoms with Crippen molar-refractivity contribution in [1.82, 2.24) is 0 Å². The van der Waals surface area contributed by atoms with Crippen molar-refractivity contribution in [3.8, 4) is 0 Å². The van der Waals surface area contributed by atoms with Crippen LogP contribution in [0.1, 0.15) is 54.4 Å². The molecule has 5 heteroatoms. The zero-order valence-corrected chi connectivity index (χ0v) is 23.3. The molecule has 0 amide bonds. The van der Waals surface area contributed by atoms with E-state index in [9.17, 15) is 0 Å². The van der Waals surface area contributed by atoms with Gasteiger partial charge in [0.15, 0.2) is 16.6 Å². The molecule has 0 aromatic carbocycles. The lowest BCUT2D eigenvalue weighted by atomic mass is 10.0. The fraction of sp³-hybridized carbons (Fsp3) is 0.818. The molecule has 0 unspecified atom stereocenters. The lowest BCUT2D eigenvalue weighted by Crippen LogP contribution is -2.41. The summed E-state index contributed by atoms with van der Waals surface area (Å²) in [6.45, 7) is 29.8. The molecule has 0 N–H and O–H groups in total. The summed E-state index contributed by atoms with van der Waals surface area (Å²) in [6.07, 6.45) is 2.10. The monoisotopic (exact) mass is 426 g/mol. The van der Waals surface area contributed by atoms with Gasteiger partial charge in [-0.25, -0.2) is 0 Å². The van der Waals surface area contributed by atoms with Gasteiger partial charge >= 0.3 is 0 Å². The molecule has 0 atom stereocenters. The van der Waals surface area contributed by atoms with Gasteiger partial charge in [0.2, 0.25) is 0 Å². The highest BCUT2D eigenvalue weighted by Crippen LogP contribution is 2.39. The Hall–Kier alpha value is 0.0506. The van der Waals surface area contributed by atoms with Gasteiger partial charge in [-0.3, -0.25) is 0 Å². The molecule has 0 aliphatic carbocycles. The largest absolute Gasteiger partial charge is 0.416 e. The van der Waals surface area contributed by atoms with Crippen molar-refractivity contribution in [3.05, 3.63) is 22.5 Å². The van der Waals surface area contributed by atoms with E-state index in [0.717, 1.165) is 26.1 Å². The molecule has 0 bridgehead atoms. The summed E-state index contributed by atoms with van der Waals surface area (Å²) >= 11 is 0. The SMILES string of the molecule is CC(C)(C)[Si](C)(C)OCCC1=C[Si](C)(C)C=C1CCO[Si](C)(C)C(C)(C)C. The molecule has 0 spiro atoms. The topological polar surface area (TPSA) is 18.5 Å². The van der Waals surface area contributed by atoms with Crippen molar-refractivity contribution in [2.75, 3.05) is 13.2 Å². The third-order valence-corrected chi connectivity index (χ3v) is 18.0. The van der Waals surface area contributed by atoms with E-state index >= 15 is 0 Å². The molecular weight excluding hydrogens is 380 g/mol. The third kappa shape index (κ3) is 7.11. The van der Waals surface area contributed by atoms with Gasteiger partial charge < -0.3 is 8.85 Å². The van der Waals surface area contributed by atoms with Gasteiger partial charge in [-0.2, -0.15) is 0 Å². The van der Waals surface area contributed by atoms with Crippen LogP contribution in [-0.4, -0.2) is 37.9 Å². The zero-order chi connectivity index (χ0) is 21.3. The highest BCUT2D eigenvalue weighted by Gasteiger charge is 2.38. The van der Waals surface area contributed by atoms with Crippen LogP contribution >= 0.6 is 0 Å². The Morgan fingerprint density at radius 3 is 1.26 bits per heavy atom. The second kappa shape index (κ2) is 8.42. The second-order valence-electron chi connectivity index (χ2n) is 11.9. The average molecular weight is 427 g/mol. The Kier molecular flexibility index (Phi) is 7.83. The molecule has 0 aromatic rings. The second-order valence-corrected chi connectivity index (χ2v) is 25.7. The summed E-state index contributed by atoms with van der Waals surface area (Å²) in [5, 5.41) is 0.557. The highest BCUT2D eigenvalue weighted by molar-refractivity contribution is 6.87. The fourth-order valence-corrected chi connectivity index (χ4v) is 7.49. The first-order valence-electron chi connectivity index (χ1n) is 10.6. The molecule has 1 aliphatic heterocycles. The molecule has 0 radical (unpaired) electrons. The standard InChI is InChI=1S/C22H46O2Si3/c1-21(2,3)26(9,10)23-15-13-19-17-25(7,8)18-20(19)14-16-24-27(11,12)22(4,5)6/h17-18H,13-16H2,1-12H3. The van der Waals surface area contributed by atoms with Crippen LogP contribution in [0.5, 0.6) is 0 Å². The van der Waals surface area contributed by atoms with Gasteiger partial charge in [-0.15, -0.1) is 0 Å². The lowest BCUT2D eigenvalue weighted by Gasteiger charge is -2.36. The maximum Gasteiger partial charge on any atom is 0.191 e. The number of hydrogen-bond donors (Lipinski definition) is 0. The summed E-state index contributed by atoms with van der Waals surface area (Å²) in [4.78, 5) is 0. The van der Waals surface area contributed by atoms with Crippen molar-refractivity contribution >= 4 is 24.7 Å².